The molecule has 112 valence electrons. The van der Waals surface area contributed by atoms with Gasteiger partial charge in [0.25, 0.3) is 0 Å². The van der Waals surface area contributed by atoms with Crippen molar-refractivity contribution < 1.29 is 5.11 Å². The molecule has 0 saturated heterocycles. The number of aliphatic hydroxyl groups excluding tert-OH is 1. The van der Waals surface area contributed by atoms with Gasteiger partial charge < -0.3 is 10.4 Å². The summed E-state index contributed by atoms with van der Waals surface area (Å²) in [5, 5.41) is 13.5. The Hall–Kier alpha value is -0.0800. The Kier molecular flexibility index (Phi) is 6.15. The predicted molar refractivity (Wildman–Crippen MR) is 81.2 cm³/mol. The van der Waals surface area contributed by atoms with E-state index in [0.717, 1.165) is 37.3 Å². The van der Waals surface area contributed by atoms with E-state index in [-0.39, 0.29) is 6.10 Å². The molecule has 0 aromatic carbocycles. The van der Waals surface area contributed by atoms with Crippen molar-refractivity contribution in [1.82, 2.24) is 5.32 Å². The van der Waals surface area contributed by atoms with Gasteiger partial charge in [-0.3, -0.25) is 0 Å². The van der Waals surface area contributed by atoms with Crippen molar-refractivity contribution in [2.45, 2.75) is 83.8 Å². The van der Waals surface area contributed by atoms with Crippen molar-refractivity contribution in [3.8, 4) is 0 Å². The molecule has 19 heavy (non-hydrogen) atoms. The lowest BCUT2D eigenvalue weighted by molar-refractivity contribution is 0.0981. The SMILES string of the molecule is CC(C)CC1CCCC(NCC2CCCC(O)C2)C1. The second kappa shape index (κ2) is 7.64. The molecule has 0 spiro atoms. The quantitative estimate of drug-likeness (QED) is 0.795. The van der Waals surface area contributed by atoms with E-state index in [9.17, 15) is 5.11 Å². The van der Waals surface area contributed by atoms with E-state index in [4.69, 9.17) is 0 Å². The zero-order valence-electron chi connectivity index (χ0n) is 12.9. The molecule has 0 radical (unpaired) electrons. The fraction of sp³-hybridized carbons (Fsp3) is 1.00. The Balaban J connectivity index is 1.67. The molecule has 2 nitrogen and oxygen atoms in total. The molecule has 2 fully saturated rings. The van der Waals surface area contributed by atoms with Crippen LogP contribution < -0.4 is 5.32 Å². The summed E-state index contributed by atoms with van der Waals surface area (Å²) in [7, 11) is 0. The van der Waals surface area contributed by atoms with Crippen molar-refractivity contribution in [1.29, 1.82) is 0 Å². The standard InChI is InChI=1S/C17H33NO/c1-13(2)9-14-5-3-7-16(10-14)18-12-15-6-4-8-17(19)11-15/h13-19H,3-12H2,1-2H3. The van der Waals surface area contributed by atoms with Gasteiger partial charge >= 0.3 is 0 Å². The molecule has 0 aromatic rings. The topological polar surface area (TPSA) is 32.3 Å². The smallest absolute Gasteiger partial charge is 0.0543 e. The first-order valence-electron chi connectivity index (χ1n) is 8.55. The number of nitrogens with one attached hydrogen (secondary N) is 1. The summed E-state index contributed by atoms with van der Waals surface area (Å²) >= 11 is 0. The molecule has 2 aliphatic rings. The molecular weight excluding hydrogens is 234 g/mol. The first kappa shape index (κ1) is 15.3. The van der Waals surface area contributed by atoms with Gasteiger partial charge in [-0.25, -0.2) is 0 Å². The molecule has 0 bridgehead atoms. The van der Waals surface area contributed by atoms with Crippen LogP contribution in [0.3, 0.4) is 0 Å². The molecule has 2 N–H and O–H groups in total. The molecule has 2 saturated carbocycles. The van der Waals surface area contributed by atoms with Gasteiger partial charge in [-0.2, -0.15) is 0 Å². The maximum absolute atomic E-state index is 9.73. The van der Waals surface area contributed by atoms with Crippen molar-refractivity contribution in [3.63, 3.8) is 0 Å². The molecule has 4 atom stereocenters. The average molecular weight is 267 g/mol. The molecule has 0 heterocycles. The fourth-order valence-electron chi connectivity index (χ4n) is 4.14. The summed E-state index contributed by atoms with van der Waals surface area (Å²) in [5.74, 6) is 2.51. The van der Waals surface area contributed by atoms with Crippen LogP contribution in [0.4, 0.5) is 0 Å². The number of aliphatic hydroxyl groups is 1. The minimum absolute atomic E-state index is 0.0272. The Morgan fingerprint density at radius 3 is 2.47 bits per heavy atom. The van der Waals surface area contributed by atoms with Crippen molar-refractivity contribution in [3.05, 3.63) is 0 Å². The highest BCUT2D eigenvalue weighted by Gasteiger charge is 2.24. The van der Waals surface area contributed by atoms with Gasteiger partial charge in [0, 0.05) is 6.04 Å². The molecule has 4 unspecified atom stereocenters. The Labute approximate surface area is 119 Å². The van der Waals surface area contributed by atoms with Gasteiger partial charge in [0.1, 0.15) is 0 Å². The Morgan fingerprint density at radius 1 is 1.00 bits per heavy atom. The highest BCUT2D eigenvalue weighted by atomic mass is 16.3. The summed E-state index contributed by atoms with van der Waals surface area (Å²) in [4.78, 5) is 0. The van der Waals surface area contributed by atoms with E-state index in [1.165, 1.54) is 44.9 Å². The van der Waals surface area contributed by atoms with Crippen LogP contribution in [-0.4, -0.2) is 23.8 Å². The lowest BCUT2D eigenvalue weighted by atomic mass is 9.80. The van der Waals surface area contributed by atoms with Gasteiger partial charge in [-0.1, -0.05) is 33.1 Å². The summed E-state index contributed by atoms with van der Waals surface area (Å²) in [6, 6.07) is 0.747. The first-order chi connectivity index (χ1) is 9.13. The second-order valence-corrected chi connectivity index (χ2v) is 7.45. The lowest BCUT2D eigenvalue weighted by Crippen LogP contribution is -2.38. The van der Waals surface area contributed by atoms with Gasteiger partial charge in [0.15, 0.2) is 0 Å². The van der Waals surface area contributed by atoms with E-state index in [1.54, 1.807) is 0 Å². The Bertz CT molecular complexity index is 254. The highest BCUT2D eigenvalue weighted by Crippen LogP contribution is 2.30. The molecule has 2 heteroatoms. The Morgan fingerprint density at radius 2 is 1.74 bits per heavy atom. The number of hydrogen-bond donors (Lipinski definition) is 2. The van der Waals surface area contributed by atoms with E-state index in [0.29, 0.717) is 5.92 Å². The third-order valence-electron chi connectivity index (χ3n) is 5.04. The van der Waals surface area contributed by atoms with Crippen LogP contribution in [0.1, 0.15) is 71.6 Å². The maximum atomic E-state index is 9.73. The van der Waals surface area contributed by atoms with Gasteiger partial charge in [-0.15, -0.1) is 0 Å². The van der Waals surface area contributed by atoms with Crippen molar-refractivity contribution in [2.24, 2.45) is 17.8 Å². The molecule has 0 amide bonds. The number of hydrogen-bond acceptors (Lipinski definition) is 2. The maximum Gasteiger partial charge on any atom is 0.0543 e. The van der Waals surface area contributed by atoms with Crippen molar-refractivity contribution >= 4 is 0 Å². The van der Waals surface area contributed by atoms with Crippen LogP contribution in [0.15, 0.2) is 0 Å². The van der Waals surface area contributed by atoms with Crippen LogP contribution in [0.25, 0.3) is 0 Å². The van der Waals surface area contributed by atoms with Gasteiger partial charge in [0.2, 0.25) is 0 Å². The largest absolute Gasteiger partial charge is 0.393 e. The van der Waals surface area contributed by atoms with E-state index < -0.39 is 0 Å². The zero-order valence-corrected chi connectivity index (χ0v) is 12.9. The number of rotatable bonds is 5. The molecule has 2 aliphatic carbocycles. The highest BCUT2D eigenvalue weighted by molar-refractivity contribution is 4.81. The van der Waals surface area contributed by atoms with Crippen LogP contribution in [-0.2, 0) is 0 Å². The van der Waals surface area contributed by atoms with Gasteiger partial charge in [0.05, 0.1) is 6.10 Å². The normalized spacial score (nSPS) is 36.6. The monoisotopic (exact) mass is 267 g/mol. The molecular formula is C17H33NO. The van der Waals surface area contributed by atoms with Crippen LogP contribution in [0.5, 0.6) is 0 Å². The summed E-state index contributed by atoms with van der Waals surface area (Å²) in [6.45, 7) is 5.83. The van der Waals surface area contributed by atoms with Gasteiger partial charge in [-0.05, 0) is 62.8 Å². The molecule has 0 aliphatic heterocycles. The summed E-state index contributed by atoms with van der Waals surface area (Å²) in [6.07, 6.45) is 11.5. The fourth-order valence-corrected chi connectivity index (χ4v) is 4.14. The van der Waals surface area contributed by atoms with E-state index in [2.05, 4.69) is 19.2 Å². The van der Waals surface area contributed by atoms with E-state index in [1.807, 2.05) is 0 Å². The summed E-state index contributed by atoms with van der Waals surface area (Å²) < 4.78 is 0. The lowest BCUT2D eigenvalue weighted by Gasteiger charge is -2.33. The van der Waals surface area contributed by atoms with E-state index >= 15 is 0 Å². The van der Waals surface area contributed by atoms with Crippen LogP contribution in [0, 0.1) is 17.8 Å². The minimum Gasteiger partial charge on any atom is -0.393 e. The first-order valence-corrected chi connectivity index (χ1v) is 8.55. The molecule has 0 aromatic heterocycles. The van der Waals surface area contributed by atoms with Crippen LogP contribution >= 0.6 is 0 Å². The van der Waals surface area contributed by atoms with Crippen LogP contribution in [0.2, 0.25) is 0 Å². The summed E-state index contributed by atoms with van der Waals surface area (Å²) in [5.41, 5.74) is 0. The minimum atomic E-state index is -0.0272. The third kappa shape index (κ3) is 5.43. The second-order valence-electron chi connectivity index (χ2n) is 7.45. The van der Waals surface area contributed by atoms with Crippen molar-refractivity contribution in [2.75, 3.05) is 6.54 Å². The predicted octanol–water partition coefficient (Wildman–Crippen LogP) is 3.73. The zero-order chi connectivity index (χ0) is 13.7. The third-order valence-corrected chi connectivity index (χ3v) is 5.04. The molecule has 2 rings (SSSR count). The average Bonchev–Trinajstić information content (AvgIpc) is 2.36.